The summed E-state index contributed by atoms with van der Waals surface area (Å²) in [5, 5.41) is 0.515. The molecular weight excluding hydrogens is 350 g/mol. The SMILES string of the molecule is CC(=O)c1c(C)[nH]c(C(=O)CS(=O)(=O)Cc2ccc(Cl)cc2)c1C. The van der Waals surface area contributed by atoms with Crippen molar-refractivity contribution in [3.8, 4) is 0 Å². The number of H-pyrrole nitrogens is 1. The number of halogens is 1. The lowest BCUT2D eigenvalue weighted by Gasteiger charge is -2.05. The Labute approximate surface area is 146 Å². The van der Waals surface area contributed by atoms with Crippen LogP contribution in [0.4, 0.5) is 0 Å². The number of nitrogens with one attached hydrogen (secondary N) is 1. The Bertz CT molecular complexity index is 895. The van der Waals surface area contributed by atoms with Gasteiger partial charge in [0.2, 0.25) is 0 Å². The van der Waals surface area contributed by atoms with Gasteiger partial charge in [-0.2, -0.15) is 0 Å². The van der Waals surface area contributed by atoms with Gasteiger partial charge in [0, 0.05) is 16.3 Å². The Kier molecular flexibility index (Phi) is 5.30. The van der Waals surface area contributed by atoms with Gasteiger partial charge >= 0.3 is 0 Å². The first-order valence-corrected chi connectivity index (χ1v) is 9.49. The van der Waals surface area contributed by atoms with E-state index in [1.54, 1.807) is 38.1 Å². The molecule has 24 heavy (non-hydrogen) atoms. The van der Waals surface area contributed by atoms with Crippen molar-refractivity contribution in [2.75, 3.05) is 5.75 Å². The number of aromatic amines is 1. The number of benzene rings is 1. The second-order valence-electron chi connectivity index (χ2n) is 5.76. The molecule has 1 N–H and O–H groups in total. The van der Waals surface area contributed by atoms with Crippen LogP contribution < -0.4 is 0 Å². The van der Waals surface area contributed by atoms with Gasteiger partial charge in [-0.1, -0.05) is 23.7 Å². The lowest BCUT2D eigenvalue weighted by atomic mass is 10.1. The van der Waals surface area contributed by atoms with Gasteiger partial charge in [0.05, 0.1) is 11.4 Å². The Morgan fingerprint density at radius 3 is 2.21 bits per heavy atom. The first-order valence-electron chi connectivity index (χ1n) is 7.29. The number of hydrogen-bond acceptors (Lipinski definition) is 4. The molecule has 0 bridgehead atoms. The minimum Gasteiger partial charge on any atom is -0.355 e. The molecule has 1 aromatic heterocycles. The van der Waals surface area contributed by atoms with Gasteiger partial charge < -0.3 is 4.98 Å². The number of carbonyl (C=O) groups excluding carboxylic acids is 2. The van der Waals surface area contributed by atoms with E-state index in [0.717, 1.165) is 0 Å². The van der Waals surface area contributed by atoms with Crippen LogP contribution in [-0.4, -0.2) is 30.7 Å². The molecule has 2 rings (SSSR count). The quantitative estimate of drug-likeness (QED) is 0.794. The Balaban J connectivity index is 2.21. The molecule has 5 nitrogen and oxygen atoms in total. The number of sulfone groups is 1. The van der Waals surface area contributed by atoms with Gasteiger partial charge in [-0.15, -0.1) is 0 Å². The van der Waals surface area contributed by atoms with E-state index in [1.165, 1.54) is 6.92 Å². The zero-order valence-corrected chi connectivity index (χ0v) is 15.2. The van der Waals surface area contributed by atoms with Crippen molar-refractivity contribution in [3.63, 3.8) is 0 Å². The van der Waals surface area contributed by atoms with Crippen molar-refractivity contribution < 1.29 is 18.0 Å². The van der Waals surface area contributed by atoms with Crippen LogP contribution in [0.2, 0.25) is 5.02 Å². The third kappa shape index (κ3) is 4.13. The van der Waals surface area contributed by atoms with E-state index in [4.69, 9.17) is 11.6 Å². The predicted octanol–water partition coefficient (Wildman–Crippen LogP) is 3.29. The zero-order valence-electron chi connectivity index (χ0n) is 13.6. The first-order chi connectivity index (χ1) is 11.1. The number of ketones is 2. The summed E-state index contributed by atoms with van der Waals surface area (Å²) in [4.78, 5) is 26.8. The summed E-state index contributed by atoms with van der Waals surface area (Å²) in [5.41, 5.74) is 2.24. The molecule has 1 heterocycles. The zero-order chi connectivity index (χ0) is 18.1. The van der Waals surface area contributed by atoms with Crippen molar-refractivity contribution in [3.05, 3.63) is 57.4 Å². The Hall–Kier alpha value is -1.92. The molecule has 128 valence electrons. The molecule has 2 aromatic rings. The minimum absolute atomic E-state index is 0.163. The summed E-state index contributed by atoms with van der Waals surface area (Å²) < 4.78 is 24.5. The van der Waals surface area contributed by atoms with Crippen molar-refractivity contribution in [1.29, 1.82) is 0 Å². The van der Waals surface area contributed by atoms with E-state index in [1.807, 2.05) is 0 Å². The van der Waals surface area contributed by atoms with E-state index in [0.29, 0.717) is 27.4 Å². The summed E-state index contributed by atoms with van der Waals surface area (Å²) >= 11 is 5.77. The Morgan fingerprint density at radius 1 is 1.12 bits per heavy atom. The molecule has 0 unspecified atom stereocenters. The second kappa shape index (κ2) is 6.91. The normalized spacial score (nSPS) is 11.5. The van der Waals surface area contributed by atoms with Gasteiger partial charge in [0.1, 0.15) is 5.75 Å². The summed E-state index contributed by atoms with van der Waals surface area (Å²) in [7, 11) is -3.63. The van der Waals surface area contributed by atoms with Crippen molar-refractivity contribution >= 4 is 33.0 Å². The number of aromatic nitrogens is 1. The maximum atomic E-state index is 12.4. The predicted molar refractivity (Wildman–Crippen MR) is 93.5 cm³/mol. The number of carbonyl (C=O) groups is 2. The van der Waals surface area contributed by atoms with Crippen molar-refractivity contribution in [2.24, 2.45) is 0 Å². The molecule has 0 aliphatic rings. The molecule has 7 heteroatoms. The average Bonchev–Trinajstić information content (AvgIpc) is 2.76. The third-order valence-corrected chi connectivity index (χ3v) is 5.45. The van der Waals surface area contributed by atoms with Crippen LogP contribution >= 0.6 is 11.6 Å². The van der Waals surface area contributed by atoms with Gasteiger partial charge in [-0.25, -0.2) is 8.42 Å². The highest BCUT2D eigenvalue weighted by molar-refractivity contribution is 7.91. The van der Waals surface area contributed by atoms with Crippen LogP contribution in [-0.2, 0) is 15.6 Å². The van der Waals surface area contributed by atoms with Gasteiger partial charge in [0.15, 0.2) is 21.4 Å². The van der Waals surface area contributed by atoms with Crippen LogP contribution in [0.15, 0.2) is 24.3 Å². The number of rotatable bonds is 6. The molecule has 1 aromatic carbocycles. The van der Waals surface area contributed by atoms with Gasteiger partial charge in [0.25, 0.3) is 0 Å². The van der Waals surface area contributed by atoms with E-state index in [2.05, 4.69) is 4.98 Å². The van der Waals surface area contributed by atoms with Crippen LogP contribution in [0.1, 0.15) is 44.6 Å². The van der Waals surface area contributed by atoms with Crippen molar-refractivity contribution in [2.45, 2.75) is 26.5 Å². The fourth-order valence-corrected chi connectivity index (χ4v) is 4.19. The fraction of sp³-hybridized carbons (Fsp3) is 0.294. The lowest BCUT2D eigenvalue weighted by molar-refractivity contribution is 0.101. The van der Waals surface area contributed by atoms with Gasteiger partial charge in [-0.05, 0) is 44.0 Å². The molecule has 0 radical (unpaired) electrons. The molecule has 0 fully saturated rings. The van der Waals surface area contributed by atoms with Crippen molar-refractivity contribution in [1.82, 2.24) is 4.98 Å². The van der Waals surface area contributed by atoms with E-state index in [-0.39, 0.29) is 17.2 Å². The highest BCUT2D eigenvalue weighted by Crippen LogP contribution is 2.20. The van der Waals surface area contributed by atoms with E-state index in [9.17, 15) is 18.0 Å². The third-order valence-electron chi connectivity index (χ3n) is 3.72. The van der Waals surface area contributed by atoms with Crippen LogP contribution in [0.5, 0.6) is 0 Å². The summed E-state index contributed by atoms with van der Waals surface area (Å²) in [6, 6.07) is 6.43. The smallest absolute Gasteiger partial charge is 0.194 e. The fourth-order valence-electron chi connectivity index (χ4n) is 2.71. The molecule has 0 spiro atoms. The molecule has 0 atom stereocenters. The number of Topliss-reactive ketones (excluding diaryl/α,β-unsaturated/α-hetero) is 2. The molecule has 0 saturated carbocycles. The minimum atomic E-state index is -3.63. The molecule has 0 aliphatic heterocycles. The number of hydrogen-bond donors (Lipinski definition) is 1. The maximum Gasteiger partial charge on any atom is 0.194 e. The van der Waals surface area contributed by atoms with Crippen LogP contribution in [0.25, 0.3) is 0 Å². The summed E-state index contributed by atoms with van der Waals surface area (Å²) in [6.07, 6.45) is 0. The largest absolute Gasteiger partial charge is 0.355 e. The topological polar surface area (TPSA) is 84.1 Å². The average molecular weight is 368 g/mol. The monoisotopic (exact) mass is 367 g/mol. The Morgan fingerprint density at radius 2 is 1.71 bits per heavy atom. The van der Waals surface area contributed by atoms with E-state index < -0.39 is 21.4 Å². The molecular formula is C17H18ClNO4S. The van der Waals surface area contributed by atoms with Crippen LogP contribution in [0, 0.1) is 13.8 Å². The first kappa shape index (κ1) is 18.4. The van der Waals surface area contributed by atoms with Crippen LogP contribution in [0.3, 0.4) is 0 Å². The summed E-state index contributed by atoms with van der Waals surface area (Å²) in [6.45, 7) is 4.73. The molecule has 0 aliphatic carbocycles. The highest BCUT2D eigenvalue weighted by Gasteiger charge is 2.24. The highest BCUT2D eigenvalue weighted by atomic mass is 35.5. The maximum absolute atomic E-state index is 12.4. The summed E-state index contributed by atoms with van der Waals surface area (Å²) in [5.74, 6) is -1.57. The number of aryl methyl sites for hydroxylation is 1. The molecule has 0 saturated heterocycles. The molecule has 0 amide bonds. The lowest BCUT2D eigenvalue weighted by Crippen LogP contribution is -2.19. The second-order valence-corrected chi connectivity index (χ2v) is 8.26. The van der Waals surface area contributed by atoms with E-state index >= 15 is 0 Å². The van der Waals surface area contributed by atoms with Gasteiger partial charge in [-0.3, -0.25) is 9.59 Å². The standard InChI is InChI=1S/C17H18ClNO4S/c1-10-16(12(3)20)11(2)19-17(10)15(21)9-24(22,23)8-13-4-6-14(18)7-5-13/h4-7,19H,8-9H2,1-3H3.